The molecule has 0 saturated heterocycles. The highest BCUT2D eigenvalue weighted by Crippen LogP contribution is 2.29. The molecule has 0 saturated carbocycles. The van der Waals surface area contributed by atoms with Gasteiger partial charge in [-0.15, -0.1) is 0 Å². The topological polar surface area (TPSA) is 104 Å². The SMILES string of the molecule is C=Cc1ccc(S(=O)(=O)Oc2c(C)cc(C(=O)S(=O)(=O)OCC)cc2C)cc1. The van der Waals surface area contributed by atoms with E-state index in [0.29, 0.717) is 11.1 Å². The van der Waals surface area contributed by atoms with Gasteiger partial charge >= 0.3 is 25.4 Å². The molecule has 2 aromatic carbocycles. The summed E-state index contributed by atoms with van der Waals surface area (Å²) in [6.07, 6.45) is 1.58. The minimum absolute atomic E-state index is 0.0261. The number of hydrogen-bond acceptors (Lipinski definition) is 7. The second kappa shape index (κ2) is 8.26. The average Bonchev–Trinajstić information content (AvgIpc) is 2.64. The molecule has 0 unspecified atom stereocenters. The van der Waals surface area contributed by atoms with E-state index in [-0.39, 0.29) is 22.8 Å². The summed E-state index contributed by atoms with van der Waals surface area (Å²) in [5.41, 5.74) is 1.20. The van der Waals surface area contributed by atoms with E-state index in [2.05, 4.69) is 10.8 Å². The fraction of sp³-hybridized carbons (Fsp3) is 0.211. The first-order chi connectivity index (χ1) is 13.0. The summed E-state index contributed by atoms with van der Waals surface area (Å²) in [6.45, 7) is 7.92. The lowest BCUT2D eigenvalue weighted by Crippen LogP contribution is -2.18. The molecule has 0 radical (unpaired) electrons. The minimum Gasteiger partial charge on any atom is -0.378 e. The van der Waals surface area contributed by atoms with E-state index in [0.717, 1.165) is 5.56 Å². The smallest absolute Gasteiger partial charge is 0.339 e. The van der Waals surface area contributed by atoms with Gasteiger partial charge in [-0.3, -0.25) is 8.98 Å². The zero-order valence-electron chi connectivity index (χ0n) is 15.6. The van der Waals surface area contributed by atoms with Gasteiger partial charge in [0.1, 0.15) is 10.6 Å². The molecule has 0 aliphatic carbocycles. The normalized spacial score (nSPS) is 11.8. The predicted octanol–water partition coefficient (Wildman–Crippen LogP) is 3.22. The summed E-state index contributed by atoms with van der Waals surface area (Å²) in [6, 6.07) is 8.45. The van der Waals surface area contributed by atoms with Gasteiger partial charge < -0.3 is 4.18 Å². The highest BCUT2D eigenvalue weighted by atomic mass is 32.2. The van der Waals surface area contributed by atoms with Gasteiger partial charge in [0, 0.05) is 5.56 Å². The third-order valence-electron chi connectivity index (χ3n) is 3.79. The summed E-state index contributed by atoms with van der Waals surface area (Å²) in [4.78, 5) is 12.1. The summed E-state index contributed by atoms with van der Waals surface area (Å²) in [7, 11) is -8.52. The van der Waals surface area contributed by atoms with Crippen molar-refractivity contribution in [1.29, 1.82) is 0 Å². The first-order valence-corrected chi connectivity index (χ1v) is 11.1. The zero-order valence-corrected chi connectivity index (χ0v) is 17.3. The Morgan fingerprint density at radius 3 is 2.04 bits per heavy atom. The van der Waals surface area contributed by atoms with Crippen LogP contribution in [0.3, 0.4) is 0 Å². The van der Waals surface area contributed by atoms with Crippen molar-refractivity contribution in [3.05, 3.63) is 65.2 Å². The molecule has 0 aliphatic heterocycles. The number of benzene rings is 2. The lowest BCUT2D eigenvalue weighted by atomic mass is 10.1. The fourth-order valence-corrected chi connectivity index (χ4v) is 4.35. The van der Waals surface area contributed by atoms with Gasteiger partial charge in [0.2, 0.25) is 0 Å². The Morgan fingerprint density at radius 2 is 1.57 bits per heavy atom. The second-order valence-corrected chi connectivity index (χ2v) is 8.96. The van der Waals surface area contributed by atoms with Crippen molar-refractivity contribution in [3.8, 4) is 5.75 Å². The van der Waals surface area contributed by atoms with E-state index in [4.69, 9.17) is 4.18 Å². The molecule has 0 aromatic heterocycles. The van der Waals surface area contributed by atoms with Crippen molar-refractivity contribution in [3.63, 3.8) is 0 Å². The molecule has 0 bridgehead atoms. The van der Waals surface area contributed by atoms with E-state index in [1.807, 2.05) is 0 Å². The molecule has 0 atom stereocenters. The van der Waals surface area contributed by atoms with Crippen molar-refractivity contribution in [1.82, 2.24) is 0 Å². The molecule has 0 spiro atoms. The molecule has 9 heteroatoms. The van der Waals surface area contributed by atoms with E-state index in [1.165, 1.54) is 45.0 Å². The molecule has 7 nitrogen and oxygen atoms in total. The van der Waals surface area contributed by atoms with Crippen LogP contribution in [0.1, 0.15) is 34.0 Å². The lowest BCUT2D eigenvalue weighted by molar-refractivity contribution is 0.105. The summed E-state index contributed by atoms with van der Waals surface area (Å²) in [5, 5.41) is -1.20. The van der Waals surface area contributed by atoms with Crippen molar-refractivity contribution in [2.75, 3.05) is 6.61 Å². The summed E-state index contributed by atoms with van der Waals surface area (Å²) >= 11 is 0. The molecule has 0 N–H and O–H groups in total. The van der Waals surface area contributed by atoms with Gasteiger partial charge in [-0.1, -0.05) is 24.8 Å². The number of rotatable bonds is 7. The van der Waals surface area contributed by atoms with Crippen LogP contribution in [0.4, 0.5) is 0 Å². The average molecular weight is 424 g/mol. The monoisotopic (exact) mass is 424 g/mol. The van der Waals surface area contributed by atoms with Crippen LogP contribution < -0.4 is 4.18 Å². The van der Waals surface area contributed by atoms with Gasteiger partial charge in [0.25, 0.3) is 0 Å². The second-order valence-electron chi connectivity index (χ2n) is 5.90. The Hall–Kier alpha value is -2.49. The third-order valence-corrected chi connectivity index (χ3v) is 6.27. The van der Waals surface area contributed by atoms with Crippen molar-refractivity contribution in [2.45, 2.75) is 25.7 Å². The molecule has 0 amide bonds. The highest BCUT2D eigenvalue weighted by molar-refractivity contribution is 8.02. The highest BCUT2D eigenvalue weighted by Gasteiger charge is 2.27. The maximum atomic E-state index is 12.5. The number of hydrogen-bond donors (Lipinski definition) is 0. The molecular weight excluding hydrogens is 404 g/mol. The first-order valence-electron chi connectivity index (χ1n) is 8.24. The lowest BCUT2D eigenvalue weighted by Gasteiger charge is -2.14. The van der Waals surface area contributed by atoms with Gasteiger partial charge in [-0.05, 0) is 61.7 Å². The third kappa shape index (κ3) is 4.67. The largest absolute Gasteiger partial charge is 0.378 e. The van der Waals surface area contributed by atoms with Gasteiger partial charge in [0.15, 0.2) is 0 Å². The predicted molar refractivity (Wildman–Crippen MR) is 105 cm³/mol. The molecule has 0 fully saturated rings. The fourth-order valence-electron chi connectivity index (χ4n) is 2.48. The van der Waals surface area contributed by atoms with Crippen LogP contribution in [0.25, 0.3) is 6.08 Å². The Kier molecular flexibility index (Phi) is 6.43. The Balaban J connectivity index is 2.39. The van der Waals surface area contributed by atoms with E-state index in [9.17, 15) is 21.6 Å². The molecule has 2 aromatic rings. The van der Waals surface area contributed by atoms with E-state index in [1.54, 1.807) is 18.2 Å². The quantitative estimate of drug-likeness (QED) is 0.629. The van der Waals surface area contributed by atoms with Crippen LogP contribution >= 0.6 is 0 Å². The molecular formula is C19H20O7S2. The van der Waals surface area contributed by atoms with Crippen molar-refractivity contribution >= 4 is 31.4 Å². The maximum Gasteiger partial charge on any atom is 0.339 e. The van der Waals surface area contributed by atoms with Crippen molar-refractivity contribution < 1.29 is 30.0 Å². The number of carbonyl (C=O) groups is 1. The van der Waals surface area contributed by atoms with E-state index < -0.39 is 25.4 Å². The maximum absolute atomic E-state index is 12.5. The van der Waals surface area contributed by atoms with Gasteiger partial charge in [-0.25, -0.2) is 0 Å². The van der Waals surface area contributed by atoms with Gasteiger partial charge in [-0.2, -0.15) is 16.8 Å². The Labute approximate surface area is 164 Å². The van der Waals surface area contributed by atoms with Gasteiger partial charge in [0.05, 0.1) is 6.61 Å². The minimum atomic E-state index is -4.40. The molecule has 28 heavy (non-hydrogen) atoms. The van der Waals surface area contributed by atoms with Crippen LogP contribution in [0, 0.1) is 13.8 Å². The zero-order chi connectivity index (χ0) is 21.1. The Bertz CT molecular complexity index is 1090. The molecule has 2 rings (SSSR count). The Morgan fingerprint density at radius 1 is 1.04 bits per heavy atom. The first kappa shape index (κ1) is 21.8. The summed E-state index contributed by atoms with van der Waals surface area (Å²) in [5.74, 6) is 0.0261. The van der Waals surface area contributed by atoms with Crippen molar-refractivity contribution in [2.24, 2.45) is 0 Å². The molecule has 150 valence electrons. The number of carbonyl (C=O) groups excluding carboxylic acids is 1. The summed E-state index contributed by atoms with van der Waals surface area (Å²) < 4.78 is 58.4. The van der Waals surface area contributed by atoms with Crippen LogP contribution in [-0.4, -0.2) is 28.6 Å². The van der Waals surface area contributed by atoms with Crippen LogP contribution in [0.5, 0.6) is 5.75 Å². The van der Waals surface area contributed by atoms with E-state index >= 15 is 0 Å². The molecule has 0 heterocycles. The molecule has 0 aliphatic rings. The number of aryl methyl sites for hydroxylation is 2. The standard InChI is InChI=1S/C19H20O7S2/c1-5-15-7-9-17(10-8-15)27(21,22)26-18-13(3)11-16(12-14(18)4)19(20)28(23,24)25-6-2/h5,7-12H,1,6H2,2-4H3. The van der Waals surface area contributed by atoms with Crippen LogP contribution in [0.2, 0.25) is 0 Å². The van der Waals surface area contributed by atoms with Crippen LogP contribution in [0.15, 0.2) is 47.9 Å². The van der Waals surface area contributed by atoms with Crippen LogP contribution in [-0.2, 0) is 24.4 Å².